The Bertz CT molecular complexity index is 470. The first-order chi connectivity index (χ1) is 8.48. The Kier molecular flexibility index (Phi) is 5.73. The number of hydrogen-bond acceptors (Lipinski definition) is 5. The average Bonchev–Trinajstić information content (AvgIpc) is 2.83. The topological polar surface area (TPSA) is 86.7 Å². The zero-order valence-electron chi connectivity index (χ0n) is 10.00. The van der Waals surface area contributed by atoms with Crippen molar-refractivity contribution in [2.24, 2.45) is 0 Å². The van der Waals surface area contributed by atoms with Gasteiger partial charge in [0.1, 0.15) is 4.21 Å². The Morgan fingerprint density at radius 1 is 1.56 bits per heavy atom. The van der Waals surface area contributed by atoms with Crippen LogP contribution < -0.4 is 5.32 Å². The molecule has 0 saturated heterocycles. The fourth-order valence-corrected chi connectivity index (χ4v) is 3.54. The molecule has 2 N–H and O–H groups in total. The van der Waals surface area contributed by atoms with Crippen LogP contribution in [-0.2, 0) is 14.8 Å². The normalized spacial score (nSPS) is 11.7. The number of hydrogen-bond donors (Lipinski definition) is 2. The summed E-state index contributed by atoms with van der Waals surface area (Å²) in [4.78, 5) is 11.4. The Hall–Kier alpha value is -0.960. The first kappa shape index (κ1) is 15.1. The van der Waals surface area contributed by atoms with Crippen LogP contribution in [0.4, 0.5) is 0 Å². The number of carbonyl (C=O) groups is 1. The zero-order chi connectivity index (χ0) is 13.6. The van der Waals surface area contributed by atoms with E-state index in [0.717, 1.165) is 15.6 Å². The monoisotopic (exact) mass is 292 g/mol. The lowest BCUT2D eigenvalue weighted by molar-refractivity contribution is -0.121. The number of aliphatic hydroxyl groups excluding tert-OH is 1. The highest BCUT2D eigenvalue weighted by molar-refractivity contribution is 7.91. The molecule has 8 heteroatoms. The molecule has 1 rings (SSSR count). The summed E-state index contributed by atoms with van der Waals surface area (Å²) < 4.78 is 25.2. The third-order valence-corrected chi connectivity index (χ3v) is 5.36. The largest absolute Gasteiger partial charge is 0.396 e. The Morgan fingerprint density at radius 3 is 2.83 bits per heavy atom. The molecular weight excluding hydrogens is 276 g/mol. The minimum atomic E-state index is -3.58. The number of sulfonamides is 1. The van der Waals surface area contributed by atoms with Gasteiger partial charge in [0, 0.05) is 20.2 Å². The number of nitrogens with one attached hydrogen (secondary N) is 1. The van der Waals surface area contributed by atoms with Gasteiger partial charge in [-0.3, -0.25) is 4.79 Å². The van der Waals surface area contributed by atoms with Crippen LogP contribution in [-0.4, -0.2) is 50.5 Å². The van der Waals surface area contributed by atoms with Gasteiger partial charge in [-0.1, -0.05) is 6.07 Å². The Balaban J connectivity index is 2.55. The van der Waals surface area contributed by atoms with Crippen molar-refractivity contribution in [3.63, 3.8) is 0 Å². The van der Waals surface area contributed by atoms with Gasteiger partial charge < -0.3 is 10.4 Å². The van der Waals surface area contributed by atoms with Crippen LogP contribution in [0.3, 0.4) is 0 Å². The van der Waals surface area contributed by atoms with Gasteiger partial charge in [-0.2, -0.15) is 4.31 Å². The molecule has 0 spiro atoms. The highest BCUT2D eigenvalue weighted by Gasteiger charge is 2.23. The predicted molar refractivity (Wildman–Crippen MR) is 68.8 cm³/mol. The summed E-state index contributed by atoms with van der Waals surface area (Å²) in [5.74, 6) is -0.383. The molecule has 1 aromatic heterocycles. The number of aliphatic hydroxyl groups is 1. The van der Waals surface area contributed by atoms with Crippen molar-refractivity contribution >= 4 is 27.3 Å². The molecule has 102 valence electrons. The van der Waals surface area contributed by atoms with Gasteiger partial charge in [0.05, 0.1) is 6.54 Å². The summed E-state index contributed by atoms with van der Waals surface area (Å²) >= 11 is 1.11. The molecule has 1 aromatic rings. The van der Waals surface area contributed by atoms with Crippen molar-refractivity contribution in [1.29, 1.82) is 0 Å². The van der Waals surface area contributed by atoms with Crippen LogP contribution in [0.1, 0.15) is 6.42 Å². The summed E-state index contributed by atoms with van der Waals surface area (Å²) in [5.41, 5.74) is 0. The lowest BCUT2D eigenvalue weighted by Crippen LogP contribution is -2.38. The van der Waals surface area contributed by atoms with Crippen molar-refractivity contribution in [2.45, 2.75) is 10.6 Å². The number of likely N-dealkylation sites (N-methyl/N-ethyl adjacent to an activating group) is 1. The molecule has 0 aromatic carbocycles. The minimum Gasteiger partial charge on any atom is -0.396 e. The second kappa shape index (κ2) is 6.83. The second-order valence-corrected chi connectivity index (χ2v) is 6.84. The standard InChI is InChI=1S/C10H16N2O4S2/c1-12(8-9(14)11-5-3-6-13)18(15,16)10-4-2-7-17-10/h2,4,7,13H,3,5-6,8H2,1H3,(H,11,14). The molecule has 0 aliphatic carbocycles. The van der Waals surface area contributed by atoms with E-state index in [2.05, 4.69) is 5.32 Å². The van der Waals surface area contributed by atoms with E-state index < -0.39 is 10.0 Å². The fourth-order valence-electron chi connectivity index (χ4n) is 1.21. The minimum absolute atomic E-state index is 0.0103. The molecule has 0 bridgehead atoms. The lowest BCUT2D eigenvalue weighted by atomic mass is 10.4. The number of amides is 1. The molecule has 0 saturated carbocycles. The van der Waals surface area contributed by atoms with Gasteiger partial charge in [-0.05, 0) is 17.9 Å². The SMILES string of the molecule is CN(CC(=O)NCCCO)S(=O)(=O)c1cccs1. The van der Waals surface area contributed by atoms with E-state index in [9.17, 15) is 13.2 Å². The maximum Gasteiger partial charge on any atom is 0.252 e. The predicted octanol–water partition coefficient (Wildman–Crippen LogP) is -0.133. The molecule has 0 unspecified atom stereocenters. The van der Waals surface area contributed by atoms with Crippen molar-refractivity contribution in [3.8, 4) is 0 Å². The van der Waals surface area contributed by atoms with E-state index in [4.69, 9.17) is 5.11 Å². The van der Waals surface area contributed by atoms with E-state index in [1.807, 2.05) is 0 Å². The van der Waals surface area contributed by atoms with Gasteiger partial charge in [0.2, 0.25) is 5.91 Å². The van der Waals surface area contributed by atoms with Crippen LogP contribution in [0.5, 0.6) is 0 Å². The molecule has 0 atom stereocenters. The fraction of sp³-hybridized carbons (Fsp3) is 0.500. The summed E-state index contributed by atoms with van der Waals surface area (Å²) in [5, 5.41) is 12.8. The third-order valence-electron chi connectivity index (χ3n) is 2.18. The van der Waals surface area contributed by atoms with Gasteiger partial charge in [0.25, 0.3) is 10.0 Å². The quantitative estimate of drug-likeness (QED) is 0.685. The summed E-state index contributed by atoms with van der Waals surface area (Å²) in [6.45, 7) is 0.0947. The number of carbonyl (C=O) groups excluding carboxylic acids is 1. The highest BCUT2D eigenvalue weighted by Crippen LogP contribution is 2.19. The van der Waals surface area contributed by atoms with Crippen LogP contribution in [0.2, 0.25) is 0 Å². The lowest BCUT2D eigenvalue weighted by Gasteiger charge is -2.15. The number of rotatable bonds is 7. The number of thiophene rings is 1. The molecule has 0 aliphatic rings. The maximum absolute atomic E-state index is 12.0. The van der Waals surface area contributed by atoms with Crippen LogP contribution in [0, 0.1) is 0 Å². The molecule has 0 aliphatic heterocycles. The average molecular weight is 292 g/mol. The van der Waals surface area contributed by atoms with E-state index >= 15 is 0 Å². The summed E-state index contributed by atoms with van der Waals surface area (Å²) in [6, 6.07) is 3.15. The summed E-state index contributed by atoms with van der Waals surface area (Å²) in [6.07, 6.45) is 0.452. The van der Waals surface area contributed by atoms with E-state index in [-0.39, 0.29) is 23.3 Å². The second-order valence-electron chi connectivity index (χ2n) is 3.62. The maximum atomic E-state index is 12.0. The van der Waals surface area contributed by atoms with E-state index in [1.165, 1.54) is 13.1 Å². The van der Waals surface area contributed by atoms with Crippen molar-refractivity contribution in [2.75, 3.05) is 26.7 Å². The van der Waals surface area contributed by atoms with Crippen molar-refractivity contribution < 1.29 is 18.3 Å². The van der Waals surface area contributed by atoms with E-state index in [1.54, 1.807) is 11.4 Å². The molecule has 1 heterocycles. The van der Waals surface area contributed by atoms with Gasteiger partial charge in [-0.25, -0.2) is 8.42 Å². The molecule has 0 fully saturated rings. The van der Waals surface area contributed by atoms with Gasteiger partial charge >= 0.3 is 0 Å². The Morgan fingerprint density at radius 2 is 2.28 bits per heavy atom. The molecular formula is C10H16N2O4S2. The highest BCUT2D eigenvalue weighted by atomic mass is 32.2. The Labute approximate surface area is 110 Å². The van der Waals surface area contributed by atoms with E-state index in [0.29, 0.717) is 13.0 Å². The first-order valence-electron chi connectivity index (χ1n) is 5.36. The van der Waals surface area contributed by atoms with Crippen LogP contribution in [0.25, 0.3) is 0 Å². The van der Waals surface area contributed by atoms with Gasteiger partial charge in [0.15, 0.2) is 0 Å². The van der Waals surface area contributed by atoms with Crippen LogP contribution >= 0.6 is 11.3 Å². The first-order valence-corrected chi connectivity index (χ1v) is 7.68. The number of nitrogens with zero attached hydrogens (tertiary/aromatic N) is 1. The zero-order valence-corrected chi connectivity index (χ0v) is 11.6. The molecule has 1 amide bonds. The summed E-state index contributed by atoms with van der Waals surface area (Å²) in [7, 11) is -2.22. The third kappa shape index (κ3) is 4.05. The molecule has 18 heavy (non-hydrogen) atoms. The molecule has 0 radical (unpaired) electrons. The van der Waals surface area contributed by atoms with Gasteiger partial charge in [-0.15, -0.1) is 11.3 Å². The smallest absolute Gasteiger partial charge is 0.252 e. The molecule has 6 nitrogen and oxygen atoms in total. The van der Waals surface area contributed by atoms with Crippen molar-refractivity contribution in [3.05, 3.63) is 17.5 Å². The van der Waals surface area contributed by atoms with Crippen LogP contribution in [0.15, 0.2) is 21.7 Å². The van der Waals surface area contributed by atoms with Crippen molar-refractivity contribution in [1.82, 2.24) is 9.62 Å².